The van der Waals surface area contributed by atoms with Crippen LogP contribution < -0.4 is 9.64 Å². The maximum absolute atomic E-state index is 13.4. The Morgan fingerprint density at radius 2 is 1.74 bits per heavy atom. The fraction of sp³-hybridized carbons (Fsp3) is 0.391. The maximum atomic E-state index is 13.4. The zero-order valence-corrected chi connectivity index (χ0v) is 18.6. The summed E-state index contributed by atoms with van der Waals surface area (Å²) in [6.07, 6.45) is 4.12. The molecule has 8 nitrogen and oxygen atoms in total. The summed E-state index contributed by atoms with van der Waals surface area (Å²) in [6.45, 7) is 5.45. The van der Waals surface area contributed by atoms with Crippen molar-refractivity contribution in [1.29, 1.82) is 0 Å². The van der Waals surface area contributed by atoms with Crippen LogP contribution in [0.3, 0.4) is 0 Å². The fourth-order valence-electron chi connectivity index (χ4n) is 4.29. The van der Waals surface area contributed by atoms with Gasteiger partial charge in [-0.2, -0.15) is 18.3 Å². The van der Waals surface area contributed by atoms with E-state index in [-0.39, 0.29) is 5.71 Å². The van der Waals surface area contributed by atoms with Gasteiger partial charge in [0.05, 0.1) is 18.6 Å². The van der Waals surface area contributed by atoms with Crippen LogP contribution in [0.1, 0.15) is 6.92 Å². The van der Waals surface area contributed by atoms with Gasteiger partial charge in [-0.1, -0.05) is 0 Å². The van der Waals surface area contributed by atoms with E-state index >= 15 is 0 Å². The molecule has 1 aromatic carbocycles. The number of piperazine rings is 1. The molecule has 0 radical (unpaired) electrons. The number of alkyl halides is 3. The lowest BCUT2D eigenvalue weighted by Crippen LogP contribution is -2.52. The summed E-state index contributed by atoms with van der Waals surface area (Å²) in [4.78, 5) is 12.7. The van der Waals surface area contributed by atoms with Gasteiger partial charge in [0.2, 0.25) is 0 Å². The molecule has 0 N–H and O–H groups in total. The second-order valence-corrected chi connectivity index (χ2v) is 8.42. The molecule has 1 atom stereocenters. The monoisotopic (exact) mass is 471 g/mol. The minimum atomic E-state index is -4.58. The second-order valence-electron chi connectivity index (χ2n) is 8.42. The average molecular weight is 471 g/mol. The van der Waals surface area contributed by atoms with Crippen molar-refractivity contribution in [3.05, 3.63) is 55.1 Å². The molecule has 0 bridgehead atoms. The van der Waals surface area contributed by atoms with E-state index in [2.05, 4.69) is 25.1 Å². The number of rotatable bonds is 5. The molecule has 0 saturated carbocycles. The number of hydrogen-bond donors (Lipinski definition) is 0. The number of aliphatic imine (C=N–C) groups is 1. The van der Waals surface area contributed by atoms with E-state index in [9.17, 15) is 13.2 Å². The van der Waals surface area contributed by atoms with Gasteiger partial charge in [-0.05, 0) is 43.3 Å². The number of nitrogens with zero attached hydrogens (tertiary/aromatic N) is 7. The smallest absolute Gasteiger partial charge is 0.434 e. The fourth-order valence-corrected chi connectivity index (χ4v) is 4.29. The summed E-state index contributed by atoms with van der Waals surface area (Å²) in [6, 6.07) is 7.94. The summed E-state index contributed by atoms with van der Waals surface area (Å²) >= 11 is 0. The third kappa shape index (κ3) is 4.29. The Bertz CT molecular complexity index is 1140. The third-order valence-corrected chi connectivity index (χ3v) is 6.20. The van der Waals surface area contributed by atoms with Gasteiger partial charge in [0.1, 0.15) is 18.2 Å². The van der Waals surface area contributed by atoms with Gasteiger partial charge < -0.3 is 19.1 Å². The Morgan fingerprint density at radius 3 is 2.41 bits per heavy atom. The van der Waals surface area contributed by atoms with Gasteiger partial charge in [0, 0.05) is 44.3 Å². The first-order valence-corrected chi connectivity index (χ1v) is 11.0. The minimum absolute atomic E-state index is 0.217. The van der Waals surface area contributed by atoms with Gasteiger partial charge in [0.25, 0.3) is 0 Å². The van der Waals surface area contributed by atoms with Crippen molar-refractivity contribution < 1.29 is 17.9 Å². The van der Waals surface area contributed by atoms with E-state index in [1.807, 2.05) is 39.9 Å². The van der Waals surface area contributed by atoms with Crippen molar-refractivity contribution in [3.63, 3.8) is 0 Å². The molecule has 1 fully saturated rings. The first-order chi connectivity index (χ1) is 16.3. The number of hydrogen-bond acceptors (Lipinski definition) is 7. The topological polar surface area (TPSA) is 70.6 Å². The van der Waals surface area contributed by atoms with Crippen molar-refractivity contribution in [3.8, 4) is 5.75 Å². The normalized spacial score (nSPS) is 22.3. The number of fused-ring (bicyclic) bond motifs is 1. The molecule has 0 spiro atoms. The molecule has 0 amide bonds. The lowest BCUT2D eigenvalue weighted by atomic mass is 9.88. The largest absolute Gasteiger partial charge is 0.492 e. The van der Waals surface area contributed by atoms with Gasteiger partial charge >= 0.3 is 6.18 Å². The molecular weight excluding hydrogens is 447 g/mol. The zero-order valence-electron chi connectivity index (χ0n) is 18.6. The van der Waals surface area contributed by atoms with Crippen molar-refractivity contribution in [2.75, 3.05) is 37.7 Å². The highest BCUT2D eigenvalue weighted by atomic mass is 19.4. The summed E-state index contributed by atoms with van der Waals surface area (Å²) in [5.74, 6) is 1.33. The van der Waals surface area contributed by atoms with Crippen LogP contribution in [0.4, 0.5) is 18.9 Å². The number of ether oxygens (including phenoxy) is 1. The number of anilines is 1. The standard InChI is InChI=1S/C23H24F3N7O/c1-22-19(29-30-21(22)23(24,25)26)6-7-20(28-22)33-12-10-32(11-13-33)17-2-4-18(5-3-17)34-15-14-31-9-8-27-16-31/h2-9,16H,10-15H2,1H3/t22-/m0/s1. The van der Waals surface area contributed by atoms with Crippen LogP contribution in [0.25, 0.3) is 0 Å². The van der Waals surface area contributed by atoms with Crippen molar-refractivity contribution in [1.82, 2.24) is 14.5 Å². The van der Waals surface area contributed by atoms with Crippen LogP contribution in [-0.4, -0.2) is 76.2 Å². The summed E-state index contributed by atoms with van der Waals surface area (Å²) < 4.78 is 48.0. The summed E-state index contributed by atoms with van der Waals surface area (Å²) in [5, 5.41) is 7.07. The highest BCUT2D eigenvalue weighted by Crippen LogP contribution is 2.35. The van der Waals surface area contributed by atoms with E-state index < -0.39 is 17.4 Å². The molecule has 178 valence electrons. The van der Waals surface area contributed by atoms with Gasteiger partial charge in [-0.3, -0.25) is 0 Å². The molecular formula is C23H24F3N7O. The van der Waals surface area contributed by atoms with E-state index in [0.29, 0.717) is 25.5 Å². The van der Waals surface area contributed by atoms with Crippen LogP contribution in [0, 0.1) is 0 Å². The quantitative estimate of drug-likeness (QED) is 0.672. The van der Waals surface area contributed by atoms with Crippen LogP contribution in [-0.2, 0) is 6.54 Å². The number of halogens is 3. The lowest BCUT2D eigenvalue weighted by molar-refractivity contribution is -0.0618. The van der Waals surface area contributed by atoms with E-state index in [1.54, 1.807) is 24.7 Å². The van der Waals surface area contributed by atoms with E-state index in [1.165, 1.54) is 6.92 Å². The SMILES string of the molecule is C[C@]12N=C(N3CCN(c4ccc(OCCn5ccnc5)cc4)CC3)C=CC1=NN=C2C(F)(F)F. The Hall–Kier alpha value is -3.63. The minimum Gasteiger partial charge on any atom is -0.492 e. The highest BCUT2D eigenvalue weighted by molar-refractivity contribution is 6.27. The third-order valence-electron chi connectivity index (χ3n) is 6.20. The second kappa shape index (κ2) is 8.62. The molecule has 3 aliphatic heterocycles. The van der Waals surface area contributed by atoms with Crippen LogP contribution in [0.15, 0.2) is 70.3 Å². The van der Waals surface area contributed by atoms with Crippen molar-refractivity contribution in [2.24, 2.45) is 15.2 Å². The highest BCUT2D eigenvalue weighted by Gasteiger charge is 2.54. The molecule has 11 heteroatoms. The number of amidine groups is 1. The molecule has 3 aliphatic rings. The molecule has 1 saturated heterocycles. The first-order valence-electron chi connectivity index (χ1n) is 11.0. The predicted octanol–water partition coefficient (Wildman–Crippen LogP) is 3.18. The summed E-state index contributed by atoms with van der Waals surface area (Å²) in [7, 11) is 0. The molecule has 5 rings (SSSR count). The van der Waals surface area contributed by atoms with Crippen molar-refractivity contribution >= 4 is 22.9 Å². The maximum Gasteiger partial charge on any atom is 0.434 e. The average Bonchev–Trinajstić information content (AvgIpc) is 3.46. The van der Waals surface area contributed by atoms with E-state index in [0.717, 1.165) is 31.1 Å². The zero-order chi connectivity index (χ0) is 23.8. The molecule has 0 unspecified atom stereocenters. The Labute approximate surface area is 194 Å². The molecule has 2 aromatic rings. The molecule has 34 heavy (non-hydrogen) atoms. The van der Waals surface area contributed by atoms with Crippen LogP contribution in [0.2, 0.25) is 0 Å². The Balaban J connectivity index is 1.17. The lowest BCUT2D eigenvalue weighted by Gasteiger charge is -2.39. The van der Waals surface area contributed by atoms with Crippen LogP contribution >= 0.6 is 0 Å². The van der Waals surface area contributed by atoms with Gasteiger partial charge in [-0.15, -0.1) is 5.10 Å². The first kappa shape index (κ1) is 22.2. The number of benzene rings is 1. The molecule has 0 aliphatic carbocycles. The van der Waals surface area contributed by atoms with Gasteiger partial charge in [0.15, 0.2) is 11.3 Å². The number of dihydropyridines is 1. The van der Waals surface area contributed by atoms with Gasteiger partial charge in [-0.25, -0.2) is 9.98 Å². The summed E-state index contributed by atoms with van der Waals surface area (Å²) in [5.41, 5.74) is -1.27. The van der Waals surface area contributed by atoms with Crippen molar-refractivity contribution in [2.45, 2.75) is 25.2 Å². The molecule has 4 heterocycles. The number of aromatic nitrogens is 2. The van der Waals surface area contributed by atoms with E-state index in [4.69, 9.17) is 4.74 Å². The Morgan fingerprint density at radius 1 is 1.00 bits per heavy atom. The predicted molar refractivity (Wildman–Crippen MR) is 124 cm³/mol. The Kier molecular flexibility index (Phi) is 5.62. The number of imidazole rings is 1. The van der Waals surface area contributed by atoms with Crippen LogP contribution in [0.5, 0.6) is 5.75 Å². The molecule has 1 aromatic heterocycles.